The first-order valence-corrected chi connectivity index (χ1v) is 10.4. The van der Waals surface area contributed by atoms with Crippen molar-refractivity contribution in [1.29, 1.82) is 0 Å². The number of nitrogens with zero attached hydrogens (tertiary/aromatic N) is 3. The normalized spacial score (nSPS) is 12.7. The Morgan fingerprint density at radius 3 is 2.63 bits per heavy atom. The number of hydrogen-bond acceptors (Lipinski definition) is 6. The maximum Gasteiger partial charge on any atom is 0.262 e. The van der Waals surface area contributed by atoms with Crippen LogP contribution >= 0.6 is 23.1 Å². The topological polar surface area (TPSA) is 57.0 Å². The van der Waals surface area contributed by atoms with Gasteiger partial charge < -0.3 is 4.74 Å². The van der Waals surface area contributed by atoms with Crippen molar-refractivity contribution in [1.82, 2.24) is 14.5 Å². The summed E-state index contributed by atoms with van der Waals surface area (Å²) in [4.78, 5) is 22.5. The summed E-state index contributed by atoms with van der Waals surface area (Å²) in [6.07, 6.45) is 0. The van der Waals surface area contributed by atoms with Crippen LogP contribution in [0.1, 0.15) is 18.0 Å². The fraction of sp³-hybridized carbons (Fsp3) is 0.250. The predicted molar refractivity (Wildman–Crippen MR) is 112 cm³/mol. The van der Waals surface area contributed by atoms with Crippen LogP contribution in [0.15, 0.2) is 58.5 Å². The number of thiazole rings is 1. The highest BCUT2D eigenvalue weighted by atomic mass is 32.2. The van der Waals surface area contributed by atoms with E-state index < -0.39 is 0 Å². The van der Waals surface area contributed by atoms with Crippen LogP contribution in [-0.4, -0.2) is 28.3 Å². The Morgan fingerprint density at radius 2 is 1.85 bits per heavy atom. The van der Waals surface area contributed by atoms with E-state index in [4.69, 9.17) is 9.72 Å². The molecule has 0 saturated heterocycles. The standard InChI is InChI=1S/C20H19N3O2S2/c1-13(11-25-2)23-19(24)14-7-3-4-8-15(14)22-20(23)26-12-18-21-16-9-5-6-10-17(16)27-18/h3-10,13H,11-12H2,1-2H3/t13-/m0/s1. The van der Waals surface area contributed by atoms with Crippen LogP contribution in [0.5, 0.6) is 0 Å². The maximum atomic E-state index is 13.1. The highest BCUT2D eigenvalue weighted by Crippen LogP contribution is 2.29. The lowest BCUT2D eigenvalue weighted by Crippen LogP contribution is -2.28. The summed E-state index contributed by atoms with van der Waals surface area (Å²) in [5, 5.41) is 2.35. The number of rotatable bonds is 6. The van der Waals surface area contributed by atoms with E-state index in [2.05, 4.69) is 11.1 Å². The van der Waals surface area contributed by atoms with Crippen molar-refractivity contribution >= 4 is 44.2 Å². The van der Waals surface area contributed by atoms with Crippen LogP contribution in [-0.2, 0) is 10.5 Å². The first-order chi connectivity index (χ1) is 13.2. The molecule has 0 amide bonds. The number of benzene rings is 2. The molecule has 1 atom stereocenters. The zero-order chi connectivity index (χ0) is 18.8. The molecule has 7 heteroatoms. The van der Waals surface area contributed by atoms with Crippen molar-refractivity contribution in [3.05, 3.63) is 63.9 Å². The van der Waals surface area contributed by atoms with Crippen molar-refractivity contribution in [3.63, 3.8) is 0 Å². The molecule has 5 nitrogen and oxygen atoms in total. The van der Waals surface area contributed by atoms with Crippen molar-refractivity contribution in [2.75, 3.05) is 13.7 Å². The van der Waals surface area contributed by atoms with Gasteiger partial charge in [-0.1, -0.05) is 36.0 Å². The summed E-state index contributed by atoms with van der Waals surface area (Å²) in [6, 6.07) is 15.5. The van der Waals surface area contributed by atoms with Gasteiger partial charge in [-0.25, -0.2) is 9.97 Å². The van der Waals surface area contributed by atoms with Crippen molar-refractivity contribution in [2.24, 2.45) is 0 Å². The minimum absolute atomic E-state index is 0.0306. The van der Waals surface area contributed by atoms with Gasteiger partial charge in [-0.05, 0) is 31.2 Å². The smallest absolute Gasteiger partial charge is 0.262 e. The summed E-state index contributed by atoms with van der Waals surface area (Å²) in [6.45, 7) is 2.43. The molecule has 0 fully saturated rings. The molecule has 0 N–H and O–H groups in total. The molecule has 2 aromatic heterocycles. The Balaban J connectivity index is 1.72. The zero-order valence-corrected chi connectivity index (χ0v) is 16.7. The molecule has 0 bridgehead atoms. The number of fused-ring (bicyclic) bond motifs is 2. The fourth-order valence-corrected chi connectivity index (χ4v) is 5.10. The van der Waals surface area contributed by atoms with Gasteiger partial charge in [0, 0.05) is 7.11 Å². The van der Waals surface area contributed by atoms with Gasteiger partial charge in [0.1, 0.15) is 5.01 Å². The first kappa shape index (κ1) is 18.2. The number of ether oxygens (including phenoxy) is 1. The molecule has 4 aromatic rings. The Hall–Kier alpha value is -2.22. The number of hydrogen-bond donors (Lipinski definition) is 0. The molecule has 138 valence electrons. The lowest BCUT2D eigenvalue weighted by molar-refractivity contribution is 0.156. The van der Waals surface area contributed by atoms with Crippen LogP contribution in [0.4, 0.5) is 0 Å². The molecular formula is C20H19N3O2S2. The van der Waals surface area contributed by atoms with Gasteiger partial charge >= 0.3 is 0 Å². The van der Waals surface area contributed by atoms with E-state index in [1.165, 1.54) is 4.70 Å². The minimum Gasteiger partial charge on any atom is -0.383 e. The number of methoxy groups -OCH3 is 1. The zero-order valence-electron chi connectivity index (χ0n) is 15.1. The monoisotopic (exact) mass is 397 g/mol. The van der Waals surface area contributed by atoms with Gasteiger partial charge in [-0.3, -0.25) is 9.36 Å². The molecule has 0 spiro atoms. The van der Waals surface area contributed by atoms with Crippen LogP contribution in [0.2, 0.25) is 0 Å². The highest BCUT2D eigenvalue weighted by molar-refractivity contribution is 7.98. The molecule has 0 saturated carbocycles. The van der Waals surface area contributed by atoms with Gasteiger partial charge in [-0.2, -0.15) is 0 Å². The van der Waals surface area contributed by atoms with Gasteiger partial charge in [0.25, 0.3) is 5.56 Å². The van der Waals surface area contributed by atoms with E-state index in [1.54, 1.807) is 34.8 Å². The Bertz CT molecular complexity index is 1120. The SMILES string of the molecule is COC[C@H](C)n1c(SCc2nc3ccccc3s2)nc2ccccc2c1=O. The number of aromatic nitrogens is 3. The molecule has 2 heterocycles. The van der Waals surface area contributed by atoms with Crippen molar-refractivity contribution in [2.45, 2.75) is 23.9 Å². The molecule has 0 aliphatic carbocycles. The van der Waals surface area contributed by atoms with E-state index in [9.17, 15) is 4.79 Å². The van der Waals surface area contributed by atoms with E-state index >= 15 is 0 Å². The average Bonchev–Trinajstić information content (AvgIpc) is 3.09. The summed E-state index contributed by atoms with van der Waals surface area (Å²) in [5.74, 6) is 0.670. The summed E-state index contributed by atoms with van der Waals surface area (Å²) in [5.41, 5.74) is 1.70. The first-order valence-electron chi connectivity index (χ1n) is 8.65. The Labute approximate surface area is 165 Å². The summed E-state index contributed by atoms with van der Waals surface area (Å²) in [7, 11) is 1.64. The number of para-hydroxylation sites is 2. The quantitative estimate of drug-likeness (QED) is 0.354. The Kier molecular flexibility index (Phi) is 5.24. The van der Waals surface area contributed by atoms with Gasteiger partial charge in [0.2, 0.25) is 0 Å². The third kappa shape index (κ3) is 3.63. The van der Waals surface area contributed by atoms with Crippen LogP contribution < -0.4 is 5.56 Å². The van der Waals surface area contributed by atoms with Crippen molar-refractivity contribution < 1.29 is 4.74 Å². The van der Waals surface area contributed by atoms with Crippen molar-refractivity contribution in [3.8, 4) is 0 Å². The van der Waals surface area contributed by atoms with E-state index in [-0.39, 0.29) is 11.6 Å². The fourth-order valence-electron chi connectivity index (χ4n) is 3.04. The Morgan fingerprint density at radius 1 is 1.11 bits per heavy atom. The highest BCUT2D eigenvalue weighted by Gasteiger charge is 2.17. The van der Waals surface area contributed by atoms with Gasteiger partial charge in [0.05, 0.1) is 39.5 Å². The van der Waals surface area contributed by atoms with Crippen LogP contribution in [0.25, 0.3) is 21.1 Å². The van der Waals surface area contributed by atoms with Gasteiger partial charge in [0.15, 0.2) is 5.16 Å². The molecule has 27 heavy (non-hydrogen) atoms. The van der Waals surface area contributed by atoms with E-state index in [1.807, 2.05) is 49.4 Å². The molecule has 0 radical (unpaired) electrons. The predicted octanol–water partition coefficient (Wildman–Crippen LogP) is 4.51. The summed E-state index contributed by atoms with van der Waals surface area (Å²) >= 11 is 3.22. The minimum atomic E-state index is -0.0996. The summed E-state index contributed by atoms with van der Waals surface area (Å²) < 4.78 is 8.19. The molecule has 0 aliphatic heterocycles. The van der Waals surface area contributed by atoms with Gasteiger partial charge in [-0.15, -0.1) is 11.3 Å². The number of thioether (sulfide) groups is 1. The maximum absolute atomic E-state index is 13.1. The second kappa shape index (κ2) is 7.80. The van der Waals surface area contributed by atoms with E-state index in [0.717, 1.165) is 16.0 Å². The lowest BCUT2D eigenvalue weighted by Gasteiger charge is -2.18. The average molecular weight is 398 g/mol. The largest absolute Gasteiger partial charge is 0.383 e. The molecular weight excluding hydrogens is 378 g/mol. The molecule has 0 unspecified atom stereocenters. The molecule has 4 rings (SSSR count). The second-order valence-corrected chi connectivity index (χ2v) is 8.31. The lowest BCUT2D eigenvalue weighted by atomic mass is 10.2. The second-order valence-electron chi connectivity index (χ2n) is 6.26. The third-order valence-corrected chi connectivity index (χ3v) is 6.47. The molecule has 0 aliphatic rings. The molecule has 2 aromatic carbocycles. The van der Waals surface area contributed by atoms with Crippen LogP contribution in [0, 0.1) is 0 Å². The van der Waals surface area contributed by atoms with Crippen LogP contribution in [0.3, 0.4) is 0 Å². The third-order valence-electron chi connectivity index (χ3n) is 4.29. The van der Waals surface area contributed by atoms with E-state index in [0.29, 0.717) is 22.9 Å².